The minimum Gasteiger partial charge on any atom is -0.351 e. The fourth-order valence-corrected chi connectivity index (χ4v) is 4.43. The number of nitrogens with zero attached hydrogens (tertiary/aromatic N) is 1. The third kappa shape index (κ3) is 3.63. The largest absolute Gasteiger partial charge is 0.351 e. The number of benzene rings is 2. The molecule has 2 aromatic carbocycles. The van der Waals surface area contributed by atoms with Gasteiger partial charge in [-0.05, 0) is 43.0 Å². The summed E-state index contributed by atoms with van der Waals surface area (Å²) in [5, 5.41) is 3.01. The van der Waals surface area contributed by atoms with Crippen LogP contribution in [0.15, 0.2) is 48.5 Å². The Morgan fingerprint density at radius 3 is 2.61 bits per heavy atom. The summed E-state index contributed by atoms with van der Waals surface area (Å²) >= 11 is 0. The van der Waals surface area contributed by atoms with Gasteiger partial charge in [0, 0.05) is 12.0 Å². The predicted molar refractivity (Wildman–Crippen MR) is 100 cm³/mol. The van der Waals surface area contributed by atoms with Gasteiger partial charge >= 0.3 is 0 Å². The highest BCUT2D eigenvalue weighted by Crippen LogP contribution is 2.40. The first-order chi connectivity index (χ1) is 13.5. The van der Waals surface area contributed by atoms with Crippen molar-refractivity contribution in [2.75, 3.05) is 0 Å². The molecule has 2 heterocycles. The van der Waals surface area contributed by atoms with Gasteiger partial charge in [-0.25, -0.2) is 8.78 Å². The molecule has 0 unspecified atom stereocenters. The molecule has 2 saturated heterocycles. The van der Waals surface area contributed by atoms with E-state index >= 15 is 0 Å². The number of likely N-dealkylation sites (tertiary alicyclic amines) is 1. The van der Waals surface area contributed by atoms with Gasteiger partial charge in [0.15, 0.2) is 0 Å². The Morgan fingerprint density at radius 2 is 1.86 bits per heavy atom. The lowest BCUT2D eigenvalue weighted by Gasteiger charge is -2.31. The molecule has 3 atom stereocenters. The normalized spacial score (nSPS) is 24.4. The van der Waals surface area contributed by atoms with Crippen molar-refractivity contribution in [2.45, 2.75) is 50.2 Å². The zero-order valence-electron chi connectivity index (χ0n) is 15.4. The molecular weight excluding hydrogens is 362 g/mol. The molecule has 0 aromatic heterocycles. The summed E-state index contributed by atoms with van der Waals surface area (Å²) in [5.74, 6) is -0.862. The van der Waals surface area contributed by atoms with Crippen LogP contribution in [0.25, 0.3) is 0 Å². The molecule has 0 saturated carbocycles. The third-order valence-corrected chi connectivity index (χ3v) is 5.71. The number of rotatable bonds is 3. The molecule has 2 aromatic rings. The van der Waals surface area contributed by atoms with E-state index in [0.29, 0.717) is 36.8 Å². The van der Waals surface area contributed by atoms with Gasteiger partial charge in [-0.15, -0.1) is 0 Å². The van der Waals surface area contributed by atoms with Gasteiger partial charge in [0.1, 0.15) is 11.6 Å². The number of fused-ring (bicyclic) bond motifs is 1. The quantitative estimate of drug-likeness (QED) is 0.880. The number of carbonyl (C=O) groups excluding carboxylic acids is 2. The van der Waals surface area contributed by atoms with E-state index in [-0.39, 0.29) is 42.0 Å². The van der Waals surface area contributed by atoms with Crippen LogP contribution in [0.3, 0.4) is 0 Å². The monoisotopic (exact) mass is 384 g/mol. The van der Waals surface area contributed by atoms with Gasteiger partial charge < -0.3 is 10.2 Å². The highest BCUT2D eigenvalue weighted by atomic mass is 19.1. The first kappa shape index (κ1) is 18.6. The highest BCUT2D eigenvalue weighted by molar-refractivity contribution is 5.81. The molecule has 2 fully saturated rings. The van der Waals surface area contributed by atoms with Crippen LogP contribution < -0.4 is 5.32 Å². The summed E-state index contributed by atoms with van der Waals surface area (Å²) in [6, 6.07) is 11.5. The van der Waals surface area contributed by atoms with Crippen molar-refractivity contribution in [3.63, 3.8) is 0 Å². The molecule has 4 rings (SSSR count). The van der Waals surface area contributed by atoms with Crippen LogP contribution in [0.4, 0.5) is 8.78 Å². The summed E-state index contributed by atoms with van der Waals surface area (Å²) in [6.07, 6.45) is 2.44. The molecule has 6 heteroatoms. The maximum Gasteiger partial charge on any atom is 0.227 e. The fourth-order valence-electron chi connectivity index (χ4n) is 4.43. The zero-order valence-corrected chi connectivity index (χ0v) is 15.4. The van der Waals surface area contributed by atoms with Crippen LogP contribution in [-0.2, 0) is 16.0 Å². The number of carbonyl (C=O) groups is 2. The van der Waals surface area contributed by atoms with Gasteiger partial charge in [0.05, 0.1) is 24.5 Å². The maximum absolute atomic E-state index is 14.5. The van der Waals surface area contributed by atoms with Gasteiger partial charge in [-0.2, -0.15) is 0 Å². The number of amides is 2. The Balaban J connectivity index is 1.66. The third-order valence-electron chi connectivity index (χ3n) is 5.71. The van der Waals surface area contributed by atoms with Crippen molar-refractivity contribution in [3.8, 4) is 0 Å². The molecule has 2 amide bonds. The molecule has 0 aliphatic carbocycles. The average Bonchev–Trinajstić information content (AvgIpc) is 2.91. The van der Waals surface area contributed by atoms with Crippen LogP contribution in [0, 0.1) is 11.6 Å². The predicted octanol–water partition coefficient (Wildman–Crippen LogP) is 3.52. The van der Waals surface area contributed by atoms with Gasteiger partial charge in [0.25, 0.3) is 0 Å². The minimum absolute atomic E-state index is 0.0207. The van der Waals surface area contributed by atoms with Gasteiger partial charge in [0.2, 0.25) is 11.8 Å². The molecule has 28 heavy (non-hydrogen) atoms. The van der Waals surface area contributed by atoms with Crippen LogP contribution in [0.1, 0.15) is 42.9 Å². The molecule has 2 aliphatic rings. The smallest absolute Gasteiger partial charge is 0.227 e. The lowest BCUT2D eigenvalue weighted by Crippen LogP contribution is -2.45. The molecule has 2 aliphatic heterocycles. The SMILES string of the molecule is O=C1CCC[C@H]2[C@@H](C[C@@H](c3ccccc3F)N2C(=O)Cc2ccc(F)cc2)N1. The molecular formula is C22H22F2N2O2. The number of nitrogens with one attached hydrogen (secondary N) is 1. The summed E-state index contributed by atoms with van der Waals surface area (Å²) in [6.45, 7) is 0. The molecule has 0 radical (unpaired) electrons. The van der Waals surface area contributed by atoms with Crippen LogP contribution in [0.5, 0.6) is 0 Å². The van der Waals surface area contributed by atoms with E-state index in [1.807, 2.05) is 0 Å². The second-order valence-corrected chi connectivity index (χ2v) is 7.51. The number of hydrogen-bond acceptors (Lipinski definition) is 2. The van der Waals surface area contributed by atoms with E-state index in [9.17, 15) is 18.4 Å². The van der Waals surface area contributed by atoms with Crippen molar-refractivity contribution in [3.05, 3.63) is 71.3 Å². The van der Waals surface area contributed by atoms with Crippen molar-refractivity contribution in [1.29, 1.82) is 0 Å². The van der Waals surface area contributed by atoms with Gasteiger partial charge in [-0.3, -0.25) is 9.59 Å². The summed E-state index contributed by atoms with van der Waals surface area (Å²) in [5.41, 5.74) is 1.18. The second kappa shape index (κ2) is 7.70. The molecule has 4 nitrogen and oxygen atoms in total. The number of hydrogen-bond donors (Lipinski definition) is 1. The summed E-state index contributed by atoms with van der Waals surface area (Å²) in [7, 11) is 0. The van der Waals surface area contributed by atoms with Crippen molar-refractivity contribution >= 4 is 11.8 Å². The summed E-state index contributed by atoms with van der Waals surface area (Å²) < 4.78 is 27.7. The van der Waals surface area contributed by atoms with Gasteiger partial charge in [-0.1, -0.05) is 30.3 Å². The molecule has 0 bridgehead atoms. The Labute approximate surface area is 162 Å². The van der Waals surface area contributed by atoms with Crippen molar-refractivity contribution < 1.29 is 18.4 Å². The zero-order chi connectivity index (χ0) is 19.7. The first-order valence-electron chi connectivity index (χ1n) is 9.62. The maximum atomic E-state index is 14.5. The molecule has 0 spiro atoms. The molecule has 146 valence electrons. The number of halogens is 2. The lowest BCUT2D eigenvalue weighted by molar-refractivity contribution is -0.134. The highest BCUT2D eigenvalue weighted by Gasteiger charge is 2.46. The van der Waals surface area contributed by atoms with Crippen molar-refractivity contribution in [2.24, 2.45) is 0 Å². The second-order valence-electron chi connectivity index (χ2n) is 7.51. The lowest BCUT2D eigenvalue weighted by atomic mass is 10.0. The van der Waals surface area contributed by atoms with E-state index < -0.39 is 6.04 Å². The minimum atomic E-state index is -0.428. The Bertz CT molecular complexity index is 884. The van der Waals surface area contributed by atoms with E-state index in [1.54, 1.807) is 35.2 Å². The average molecular weight is 384 g/mol. The van der Waals surface area contributed by atoms with Crippen LogP contribution >= 0.6 is 0 Å². The van der Waals surface area contributed by atoms with Crippen LogP contribution in [-0.4, -0.2) is 28.8 Å². The van der Waals surface area contributed by atoms with Crippen LogP contribution in [0.2, 0.25) is 0 Å². The van der Waals surface area contributed by atoms with Crippen molar-refractivity contribution in [1.82, 2.24) is 10.2 Å². The Hall–Kier alpha value is -2.76. The van der Waals surface area contributed by atoms with E-state index in [2.05, 4.69) is 5.32 Å². The fraction of sp³-hybridized carbons (Fsp3) is 0.364. The molecule has 1 N–H and O–H groups in total. The summed E-state index contributed by atoms with van der Waals surface area (Å²) in [4.78, 5) is 27.0. The standard InChI is InChI=1S/C22H22F2N2O2/c23-15-10-8-14(9-11-15)12-22(28)26-19-6-3-7-21(27)25-18(19)13-20(26)16-4-1-2-5-17(16)24/h1-2,4-5,8-11,18-20H,3,6-7,12-13H2,(H,25,27)/t18-,19+,20+/m1/s1. The van der Waals surface area contributed by atoms with E-state index in [0.717, 1.165) is 0 Å². The topological polar surface area (TPSA) is 49.4 Å². The first-order valence-corrected chi connectivity index (χ1v) is 9.62. The van der Waals surface area contributed by atoms with E-state index in [1.165, 1.54) is 18.2 Å². The van der Waals surface area contributed by atoms with E-state index in [4.69, 9.17) is 0 Å². The Kier molecular flexibility index (Phi) is 5.11. The Morgan fingerprint density at radius 1 is 1.11 bits per heavy atom.